The van der Waals surface area contributed by atoms with E-state index in [1.54, 1.807) is 6.20 Å². The molecule has 0 aliphatic carbocycles. The second kappa shape index (κ2) is 4.53. The van der Waals surface area contributed by atoms with Gasteiger partial charge in [0.2, 0.25) is 5.91 Å². The maximum Gasteiger partial charge on any atom is 0.221 e. The SMILES string of the molecule is CC(=O)Nc1ccccc1-c1cccnn1. The zero-order valence-electron chi connectivity index (χ0n) is 8.84. The van der Waals surface area contributed by atoms with Crippen molar-refractivity contribution in [2.75, 3.05) is 5.32 Å². The summed E-state index contributed by atoms with van der Waals surface area (Å²) in [5.74, 6) is -0.101. The summed E-state index contributed by atoms with van der Waals surface area (Å²) in [6.45, 7) is 1.48. The summed E-state index contributed by atoms with van der Waals surface area (Å²) < 4.78 is 0. The van der Waals surface area contributed by atoms with Crippen molar-refractivity contribution in [2.24, 2.45) is 0 Å². The van der Waals surface area contributed by atoms with Crippen LogP contribution in [0.1, 0.15) is 6.92 Å². The number of nitrogens with one attached hydrogen (secondary N) is 1. The maximum atomic E-state index is 11.0. The Bertz CT molecular complexity index is 497. The molecule has 0 aliphatic rings. The third-order valence-electron chi connectivity index (χ3n) is 2.09. The first-order chi connectivity index (χ1) is 7.77. The summed E-state index contributed by atoms with van der Waals surface area (Å²) in [5, 5.41) is 10.6. The third-order valence-corrected chi connectivity index (χ3v) is 2.09. The number of rotatable bonds is 2. The number of nitrogens with zero attached hydrogens (tertiary/aromatic N) is 2. The zero-order valence-corrected chi connectivity index (χ0v) is 8.84. The highest BCUT2D eigenvalue weighted by molar-refractivity contribution is 5.93. The van der Waals surface area contributed by atoms with E-state index in [2.05, 4.69) is 15.5 Å². The first-order valence-electron chi connectivity index (χ1n) is 4.92. The van der Waals surface area contributed by atoms with Crippen LogP contribution in [0.25, 0.3) is 11.3 Å². The topological polar surface area (TPSA) is 54.9 Å². The van der Waals surface area contributed by atoms with Crippen molar-refractivity contribution >= 4 is 11.6 Å². The summed E-state index contributed by atoms with van der Waals surface area (Å²) >= 11 is 0. The number of aromatic nitrogens is 2. The minimum absolute atomic E-state index is 0.101. The van der Waals surface area contributed by atoms with Gasteiger partial charge >= 0.3 is 0 Å². The largest absolute Gasteiger partial charge is 0.326 e. The van der Waals surface area contributed by atoms with Gasteiger partial charge in [-0.3, -0.25) is 4.79 Å². The Labute approximate surface area is 93.3 Å². The van der Waals surface area contributed by atoms with Crippen LogP contribution in [0.2, 0.25) is 0 Å². The van der Waals surface area contributed by atoms with Crippen molar-refractivity contribution in [3.8, 4) is 11.3 Å². The van der Waals surface area contributed by atoms with E-state index in [4.69, 9.17) is 0 Å². The lowest BCUT2D eigenvalue weighted by molar-refractivity contribution is -0.114. The molecule has 0 fully saturated rings. The monoisotopic (exact) mass is 213 g/mol. The van der Waals surface area contributed by atoms with Gasteiger partial charge in [0.05, 0.1) is 11.4 Å². The Balaban J connectivity index is 2.44. The van der Waals surface area contributed by atoms with Crippen LogP contribution in [0.3, 0.4) is 0 Å². The average Bonchev–Trinajstić information content (AvgIpc) is 2.30. The van der Waals surface area contributed by atoms with Crippen molar-refractivity contribution in [3.05, 3.63) is 42.6 Å². The number of para-hydroxylation sites is 1. The molecule has 0 aliphatic heterocycles. The molecule has 1 aromatic heterocycles. The van der Waals surface area contributed by atoms with Gasteiger partial charge in [-0.15, -0.1) is 0 Å². The van der Waals surface area contributed by atoms with Gasteiger partial charge in [-0.05, 0) is 18.2 Å². The Morgan fingerprint density at radius 1 is 1.19 bits per heavy atom. The van der Waals surface area contributed by atoms with Crippen LogP contribution in [0, 0.1) is 0 Å². The second-order valence-corrected chi connectivity index (χ2v) is 3.34. The Morgan fingerprint density at radius 3 is 2.69 bits per heavy atom. The summed E-state index contributed by atoms with van der Waals surface area (Å²) in [6, 6.07) is 11.2. The Kier molecular flexibility index (Phi) is 2.91. The van der Waals surface area contributed by atoms with E-state index in [-0.39, 0.29) is 5.91 Å². The number of carbonyl (C=O) groups is 1. The molecule has 4 heteroatoms. The van der Waals surface area contributed by atoms with Crippen molar-refractivity contribution < 1.29 is 4.79 Å². The lowest BCUT2D eigenvalue weighted by Crippen LogP contribution is -2.07. The Hall–Kier alpha value is -2.23. The maximum absolute atomic E-state index is 11.0. The van der Waals surface area contributed by atoms with Crippen LogP contribution in [0.5, 0.6) is 0 Å². The van der Waals surface area contributed by atoms with Gasteiger partial charge in [-0.1, -0.05) is 18.2 Å². The van der Waals surface area contributed by atoms with E-state index < -0.39 is 0 Å². The van der Waals surface area contributed by atoms with E-state index in [0.29, 0.717) is 0 Å². The van der Waals surface area contributed by atoms with E-state index >= 15 is 0 Å². The lowest BCUT2D eigenvalue weighted by Gasteiger charge is -2.08. The van der Waals surface area contributed by atoms with E-state index in [0.717, 1.165) is 16.9 Å². The fraction of sp³-hybridized carbons (Fsp3) is 0.0833. The molecule has 0 atom stereocenters. The van der Waals surface area contributed by atoms with Crippen LogP contribution >= 0.6 is 0 Å². The molecule has 1 amide bonds. The van der Waals surface area contributed by atoms with Crippen LogP contribution < -0.4 is 5.32 Å². The van der Waals surface area contributed by atoms with Crippen molar-refractivity contribution in [3.63, 3.8) is 0 Å². The molecule has 1 N–H and O–H groups in total. The molecule has 1 heterocycles. The molecule has 80 valence electrons. The second-order valence-electron chi connectivity index (χ2n) is 3.34. The molecule has 0 radical (unpaired) electrons. The van der Waals surface area contributed by atoms with Gasteiger partial charge in [-0.25, -0.2) is 0 Å². The molecular formula is C12H11N3O. The molecule has 0 unspecified atom stereocenters. The molecule has 2 aromatic rings. The summed E-state index contributed by atoms with van der Waals surface area (Å²) in [5.41, 5.74) is 2.35. The lowest BCUT2D eigenvalue weighted by atomic mass is 10.1. The van der Waals surface area contributed by atoms with Crippen molar-refractivity contribution in [1.29, 1.82) is 0 Å². The normalized spacial score (nSPS) is 9.81. The first-order valence-corrected chi connectivity index (χ1v) is 4.92. The highest BCUT2D eigenvalue weighted by Gasteiger charge is 2.06. The van der Waals surface area contributed by atoms with E-state index in [1.165, 1.54) is 6.92 Å². The summed E-state index contributed by atoms with van der Waals surface area (Å²) in [4.78, 5) is 11.0. The van der Waals surface area contributed by atoms with Crippen molar-refractivity contribution in [2.45, 2.75) is 6.92 Å². The smallest absolute Gasteiger partial charge is 0.221 e. The molecule has 0 bridgehead atoms. The molecule has 1 aromatic carbocycles. The summed E-state index contributed by atoms with van der Waals surface area (Å²) in [6.07, 6.45) is 1.62. The molecule has 0 spiro atoms. The van der Waals surface area contributed by atoms with Gasteiger partial charge in [-0.2, -0.15) is 10.2 Å². The number of anilines is 1. The number of benzene rings is 1. The number of hydrogen-bond donors (Lipinski definition) is 1. The van der Waals surface area contributed by atoms with Crippen LogP contribution in [0.4, 0.5) is 5.69 Å². The highest BCUT2D eigenvalue weighted by atomic mass is 16.1. The van der Waals surface area contributed by atoms with Gasteiger partial charge in [0, 0.05) is 18.7 Å². The quantitative estimate of drug-likeness (QED) is 0.831. The summed E-state index contributed by atoms with van der Waals surface area (Å²) in [7, 11) is 0. The van der Waals surface area contributed by atoms with E-state index in [1.807, 2.05) is 36.4 Å². The van der Waals surface area contributed by atoms with Gasteiger partial charge in [0.25, 0.3) is 0 Å². The number of amides is 1. The van der Waals surface area contributed by atoms with Gasteiger partial charge in [0.15, 0.2) is 0 Å². The van der Waals surface area contributed by atoms with Crippen LogP contribution in [-0.2, 0) is 4.79 Å². The molecule has 0 saturated carbocycles. The standard InChI is InChI=1S/C12H11N3O/c1-9(16)14-11-6-3-2-5-10(11)12-7-4-8-13-15-12/h2-8H,1H3,(H,14,16). The van der Waals surface area contributed by atoms with Crippen LogP contribution in [0.15, 0.2) is 42.6 Å². The molecule has 16 heavy (non-hydrogen) atoms. The molecule has 2 rings (SSSR count). The number of carbonyl (C=O) groups excluding carboxylic acids is 1. The third kappa shape index (κ3) is 2.23. The Morgan fingerprint density at radius 2 is 2.00 bits per heavy atom. The predicted octanol–water partition coefficient (Wildman–Crippen LogP) is 2.10. The van der Waals surface area contributed by atoms with Gasteiger partial charge < -0.3 is 5.32 Å². The molecule has 0 saturated heterocycles. The fourth-order valence-electron chi connectivity index (χ4n) is 1.45. The molecule has 4 nitrogen and oxygen atoms in total. The first kappa shape index (κ1) is 10.3. The minimum atomic E-state index is -0.101. The minimum Gasteiger partial charge on any atom is -0.326 e. The zero-order chi connectivity index (χ0) is 11.4. The highest BCUT2D eigenvalue weighted by Crippen LogP contribution is 2.25. The van der Waals surface area contributed by atoms with Crippen molar-refractivity contribution in [1.82, 2.24) is 10.2 Å². The number of hydrogen-bond acceptors (Lipinski definition) is 3. The van der Waals surface area contributed by atoms with E-state index in [9.17, 15) is 4.79 Å². The average molecular weight is 213 g/mol. The molecular weight excluding hydrogens is 202 g/mol. The van der Waals surface area contributed by atoms with Crippen LogP contribution in [-0.4, -0.2) is 16.1 Å². The fourth-order valence-corrected chi connectivity index (χ4v) is 1.45. The van der Waals surface area contributed by atoms with Gasteiger partial charge in [0.1, 0.15) is 0 Å². The predicted molar refractivity (Wildman–Crippen MR) is 61.8 cm³/mol.